The molecule has 0 aliphatic heterocycles. The lowest BCUT2D eigenvalue weighted by molar-refractivity contribution is -0.274. The Morgan fingerprint density at radius 3 is 2.39 bits per heavy atom. The van der Waals surface area contributed by atoms with Crippen LogP contribution < -0.4 is 10.1 Å². The predicted molar refractivity (Wildman–Crippen MR) is 94.6 cm³/mol. The van der Waals surface area contributed by atoms with E-state index >= 15 is 0 Å². The van der Waals surface area contributed by atoms with Gasteiger partial charge >= 0.3 is 6.36 Å². The molecular weight excluding hydrogens is 375 g/mol. The molecule has 0 aliphatic carbocycles. The average Bonchev–Trinajstić information content (AvgIpc) is 3.16. The Morgan fingerprint density at radius 1 is 1.07 bits per heavy atom. The number of carbonyl (C=O) groups is 1. The molecule has 1 amide bonds. The summed E-state index contributed by atoms with van der Waals surface area (Å²) in [5.74, 6) is -0.803. The molecular formula is C20H16F3NO4. The van der Waals surface area contributed by atoms with Crippen molar-refractivity contribution in [1.82, 2.24) is 5.32 Å². The third-order valence-corrected chi connectivity index (χ3v) is 3.91. The van der Waals surface area contributed by atoms with Crippen LogP contribution in [-0.4, -0.2) is 23.9 Å². The highest BCUT2D eigenvalue weighted by atomic mass is 19.4. The van der Waals surface area contributed by atoms with Gasteiger partial charge in [-0.05, 0) is 29.3 Å². The number of rotatable bonds is 6. The smallest absolute Gasteiger partial charge is 0.459 e. The standard InChI is InChI=1S/C20H16F3NO4/c21-20(22,23)28-15-8-6-14(7-9-15)17(25)12-24-19(26)18-16(10-11-27-18)13-4-2-1-3-5-13/h1-11,17,25H,12H2,(H,24,26). The molecule has 0 aliphatic rings. The van der Waals surface area contributed by atoms with Crippen LogP contribution in [0, 0.1) is 0 Å². The number of halogens is 3. The fraction of sp³-hybridized carbons (Fsp3) is 0.150. The van der Waals surface area contributed by atoms with E-state index in [4.69, 9.17) is 4.42 Å². The van der Waals surface area contributed by atoms with Gasteiger partial charge in [-0.25, -0.2) is 0 Å². The van der Waals surface area contributed by atoms with Crippen molar-refractivity contribution in [2.45, 2.75) is 12.5 Å². The topological polar surface area (TPSA) is 71.7 Å². The van der Waals surface area contributed by atoms with Gasteiger partial charge in [0.2, 0.25) is 0 Å². The number of furan rings is 1. The van der Waals surface area contributed by atoms with Crippen molar-refractivity contribution in [3.63, 3.8) is 0 Å². The Labute approximate surface area is 158 Å². The lowest BCUT2D eigenvalue weighted by Gasteiger charge is -2.13. The van der Waals surface area contributed by atoms with Crippen LogP contribution in [0.5, 0.6) is 5.75 Å². The first-order valence-corrected chi connectivity index (χ1v) is 8.28. The predicted octanol–water partition coefficient (Wildman–Crippen LogP) is 4.31. The van der Waals surface area contributed by atoms with Crippen LogP contribution in [0.25, 0.3) is 11.1 Å². The molecule has 1 unspecified atom stereocenters. The maximum absolute atomic E-state index is 12.4. The van der Waals surface area contributed by atoms with Crippen LogP contribution in [0.2, 0.25) is 0 Å². The van der Waals surface area contributed by atoms with Gasteiger partial charge < -0.3 is 19.6 Å². The summed E-state index contributed by atoms with van der Waals surface area (Å²) in [7, 11) is 0. The maximum atomic E-state index is 12.4. The molecule has 2 N–H and O–H groups in total. The van der Waals surface area contributed by atoms with Crippen LogP contribution in [-0.2, 0) is 0 Å². The van der Waals surface area contributed by atoms with Gasteiger partial charge in [-0.1, -0.05) is 42.5 Å². The highest BCUT2D eigenvalue weighted by molar-refractivity contribution is 5.98. The zero-order valence-corrected chi connectivity index (χ0v) is 14.4. The molecule has 0 spiro atoms. The van der Waals surface area contributed by atoms with E-state index < -0.39 is 24.1 Å². The van der Waals surface area contributed by atoms with Crippen LogP contribution in [0.4, 0.5) is 13.2 Å². The summed E-state index contributed by atoms with van der Waals surface area (Å²) in [5.41, 5.74) is 1.75. The first-order chi connectivity index (χ1) is 13.3. The molecule has 0 radical (unpaired) electrons. The van der Waals surface area contributed by atoms with Crippen molar-refractivity contribution in [2.75, 3.05) is 6.54 Å². The Hall–Kier alpha value is -3.26. The van der Waals surface area contributed by atoms with Gasteiger partial charge in [0.1, 0.15) is 5.75 Å². The summed E-state index contributed by atoms with van der Waals surface area (Å²) in [4.78, 5) is 12.4. The summed E-state index contributed by atoms with van der Waals surface area (Å²) in [6.07, 6.45) is -4.50. The Balaban J connectivity index is 1.62. The summed E-state index contributed by atoms with van der Waals surface area (Å²) in [6, 6.07) is 15.6. The number of hydrogen-bond acceptors (Lipinski definition) is 4. The number of hydrogen-bond donors (Lipinski definition) is 2. The second-order valence-corrected chi connectivity index (χ2v) is 5.87. The van der Waals surface area contributed by atoms with E-state index in [0.29, 0.717) is 11.1 Å². The number of aliphatic hydroxyl groups is 1. The van der Waals surface area contributed by atoms with Crippen LogP contribution in [0.15, 0.2) is 71.3 Å². The number of benzene rings is 2. The fourth-order valence-corrected chi connectivity index (χ4v) is 2.61. The van der Waals surface area contributed by atoms with E-state index in [1.54, 1.807) is 6.07 Å². The minimum Gasteiger partial charge on any atom is -0.459 e. The maximum Gasteiger partial charge on any atom is 0.573 e. The molecule has 8 heteroatoms. The lowest BCUT2D eigenvalue weighted by atomic mass is 10.1. The zero-order chi connectivity index (χ0) is 20.1. The highest BCUT2D eigenvalue weighted by Gasteiger charge is 2.31. The number of alkyl halides is 3. The first kappa shape index (κ1) is 19.5. The van der Waals surface area contributed by atoms with Gasteiger partial charge in [-0.15, -0.1) is 13.2 Å². The van der Waals surface area contributed by atoms with Gasteiger partial charge in [-0.3, -0.25) is 4.79 Å². The van der Waals surface area contributed by atoms with E-state index in [1.165, 1.54) is 18.4 Å². The quantitative estimate of drug-likeness (QED) is 0.657. The number of ether oxygens (including phenoxy) is 1. The van der Waals surface area contributed by atoms with E-state index in [0.717, 1.165) is 17.7 Å². The van der Waals surface area contributed by atoms with Gasteiger partial charge in [0.25, 0.3) is 5.91 Å². The van der Waals surface area contributed by atoms with E-state index in [9.17, 15) is 23.1 Å². The molecule has 3 aromatic rings. The molecule has 0 saturated heterocycles. The molecule has 0 saturated carbocycles. The first-order valence-electron chi connectivity index (χ1n) is 8.28. The third-order valence-electron chi connectivity index (χ3n) is 3.91. The minimum absolute atomic E-state index is 0.104. The largest absolute Gasteiger partial charge is 0.573 e. The van der Waals surface area contributed by atoms with Crippen molar-refractivity contribution in [2.24, 2.45) is 0 Å². The van der Waals surface area contributed by atoms with Crippen molar-refractivity contribution in [1.29, 1.82) is 0 Å². The summed E-state index contributed by atoms with van der Waals surface area (Å²) in [6.45, 7) is -0.146. The average molecular weight is 391 g/mol. The molecule has 0 fully saturated rings. The third kappa shape index (κ3) is 4.92. The van der Waals surface area contributed by atoms with Crippen molar-refractivity contribution in [3.05, 3.63) is 78.3 Å². The second-order valence-electron chi connectivity index (χ2n) is 5.87. The molecule has 1 atom stereocenters. The second kappa shape index (κ2) is 8.18. The Morgan fingerprint density at radius 2 is 1.75 bits per heavy atom. The van der Waals surface area contributed by atoms with Crippen molar-refractivity contribution < 1.29 is 32.2 Å². The molecule has 28 heavy (non-hydrogen) atoms. The number of amides is 1. The van der Waals surface area contributed by atoms with E-state index in [1.807, 2.05) is 30.3 Å². The molecule has 3 rings (SSSR count). The summed E-state index contributed by atoms with van der Waals surface area (Å²) in [5, 5.41) is 12.7. The normalized spacial score (nSPS) is 12.4. The van der Waals surface area contributed by atoms with Gasteiger partial charge in [0, 0.05) is 12.1 Å². The Kier molecular flexibility index (Phi) is 5.70. The summed E-state index contributed by atoms with van der Waals surface area (Å²) >= 11 is 0. The number of carbonyl (C=O) groups excluding carboxylic acids is 1. The Bertz CT molecular complexity index is 921. The van der Waals surface area contributed by atoms with Gasteiger partial charge in [-0.2, -0.15) is 0 Å². The molecule has 5 nitrogen and oxygen atoms in total. The molecule has 146 valence electrons. The lowest BCUT2D eigenvalue weighted by Crippen LogP contribution is -2.28. The molecule has 1 heterocycles. The van der Waals surface area contributed by atoms with Crippen LogP contribution >= 0.6 is 0 Å². The zero-order valence-electron chi connectivity index (χ0n) is 14.4. The van der Waals surface area contributed by atoms with E-state index in [2.05, 4.69) is 10.1 Å². The molecule has 0 bridgehead atoms. The van der Waals surface area contributed by atoms with Crippen molar-refractivity contribution in [3.8, 4) is 16.9 Å². The van der Waals surface area contributed by atoms with E-state index in [-0.39, 0.29) is 12.3 Å². The van der Waals surface area contributed by atoms with Crippen LogP contribution in [0.1, 0.15) is 22.2 Å². The number of nitrogens with one attached hydrogen (secondary N) is 1. The minimum atomic E-state index is -4.78. The van der Waals surface area contributed by atoms with Crippen molar-refractivity contribution >= 4 is 5.91 Å². The van der Waals surface area contributed by atoms with Gasteiger partial charge in [0.05, 0.1) is 12.4 Å². The monoisotopic (exact) mass is 391 g/mol. The molecule has 1 aromatic heterocycles. The van der Waals surface area contributed by atoms with Gasteiger partial charge in [0.15, 0.2) is 5.76 Å². The fourth-order valence-electron chi connectivity index (χ4n) is 2.61. The van der Waals surface area contributed by atoms with Crippen LogP contribution in [0.3, 0.4) is 0 Å². The highest BCUT2D eigenvalue weighted by Crippen LogP contribution is 2.26. The number of aliphatic hydroxyl groups excluding tert-OH is 1. The summed E-state index contributed by atoms with van der Waals surface area (Å²) < 4.78 is 45.6. The SMILES string of the molecule is O=C(NCC(O)c1ccc(OC(F)(F)F)cc1)c1occc1-c1ccccc1. The molecule has 2 aromatic carbocycles.